The first kappa shape index (κ1) is 8.92. The van der Waals surface area contributed by atoms with Gasteiger partial charge in [-0.15, -0.1) is 11.6 Å². The summed E-state index contributed by atoms with van der Waals surface area (Å²) in [5.74, 6) is 0.529. The molecule has 0 saturated heterocycles. The Morgan fingerprint density at radius 3 is 2.78 bits per heavy atom. The van der Waals surface area contributed by atoms with Gasteiger partial charge in [0.05, 0.1) is 6.61 Å². The Balaban J connectivity index is 2.66. The molecular weight excluding hydrogens is 140 g/mol. The third-order valence-electron chi connectivity index (χ3n) is 0.832. The average molecular weight is 151 g/mol. The SMILES string of the molecule is O=CCCCOCCCl. The van der Waals surface area contributed by atoms with Crippen LogP contribution < -0.4 is 0 Å². The summed E-state index contributed by atoms with van der Waals surface area (Å²) in [5.41, 5.74) is 0. The van der Waals surface area contributed by atoms with Crippen LogP contribution in [0.3, 0.4) is 0 Å². The molecule has 0 radical (unpaired) electrons. The van der Waals surface area contributed by atoms with E-state index in [0.29, 0.717) is 25.5 Å². The molecule has 0 aromatic heterocycles. The number of halogens is 1. The lowest BCUT2D eigenvalue weighted by Crippen LogP contribution is -1.97. The standard InChI is InChI=1S/C6H11ClO2/c7-3-6-9-5-2-1-4-8/h4H,1-3,5-6H2. The lowest BCUT2D eigenvalue weighted by atomic mass is 10.3. The molecule has 0 aliphatic carbocycles. The molecule has 3 heteroatoms. The number of ether oxygens (including phenoxy) is 1. The Labute approximate surface area is 60.1 Å². The second-order valence-corrected chi connectivity index (χ2v) is 1.99. The maximum absolute atomic E-state index is 9.76. The van der Waals surface area contributed by atoms with Crippen molar-refractivity contribution in [2.75, 3.05) is 19.1 Å². The van der Waals surface area contributed by atoms with Crippen molar-refractivity contribution in [3.8, 4) is 0 Å². The lowest BCUT2D eigenvalue weighted by Gasteiger charge is -1.96. The van der Waals surface area contributed by atoms with Gasteiger partial charge in [0, 0.05) is 18.9 Å². The molecule has 0 unspecified atom stereocenters. The Kier molecular flexibility index (Phi) is 7.85. The van der Waals surface area contributed by atoms with E-state index < -0.39 is 0 Å². The fourth-order valence-electron chi connectivity index (χ4n) is 0.425. The van der Waals surface area contributed by atoms with Gasteiger partial charge in [0.2, 0.25) is 0 Å². The minimum absolute atomic E-state index is 0.529. The number of carbonyl (C=O) groups is 1. The molecule has 54 valence electrons. The zero-order chi connectivity index (χ0) is 6.95. The van der Waals surface area contributed by atoms with E-state index in [-0.39, 0.29) is 0 Å². The molecule has 0 amide bonds. The van der Waals surface area contributed by atoms with Gasteiger partial charge in [0.15, 0.2) is 0 Å². The lowest BCUT2D eigenvalue weighted by molar-refractivity contribution is -0.108. The van der Waals surface area contributed by atoms with Crippen LogP contribution in [0.25, 0.3) is 0 Å². The third-order valence-corrected chi connectivity index (χ3v) is 0.986. The maximum atomic E-state index is 9.76. The molecule has 0 fully saturated rings. The summed E-state index contributed by atoms with van der Waals surface area (Å²) in [7, 11) is 0. The van der Waals surface area contributed by atoms with E-state index in [1.165, 1.54) is 0 Å². The predicted molar refractivity (Wildman–Crippen MR) is 36.8 cm³/mol. The Morgan fingerprint density at radius 1 is 1.44 bits per heavy atom. The Bertz CT molecular complexity index is 66.1. The molecule has 0 aliphatic heterocycles. The number of carbonyl (C=O) groups excluding carboxylic acids is 1. The smallest absolute Gasteiger partial charge is 0.120 e. The molecule has 0 aliphatic rings. The number of rotatable bonds is 6. The van der Waals surface area contributed by atoms with Crippen LogP contribution in [0.15, 0.2) is 0 Å². The van der Waals surface area contributed by atoms with Gasteiger partial charge >= 0.3 is 0 Å². The van der Waals surface area contributed by atoms with Crippen molar-refractivity contribution in [2.24, 2.45) is 0 Å². The molecule has 0 atom stereocenters. The van der Waals surface area contributed by atoms with E-state index in [1.54, 1.807) is 0 Å². The third kappa shape index (κ3) is 7.92. The van der Waals surface area contributed by atoms with E-state index in [2.05, 4.69) is 0 Å². The summed E-state index contributed by atoms with van der Waals surface area (Å²) in [6.45, 7) is 1.23. The highest BCUT2D eigenvalue weighted by Gasteiger charge is 1.85. The Morgan fingerprint density at radius 2 is 2.22 bits per heavy atom. The van der Waals surface area contributed by atoms with E-state index in [1.807, 2.05) is 0 Å². The van der Waals surface area contributed by atoms with E-state index in [4.69, 9.17) is 16.3 Å². The molecule has 0 aromatic carbocycles. The summed E-state index contributed by atoms with van der Waals surface area (Å²) < 4.78 is 4.99. The van der Waals surface area contributed by atoms with Crippen molar-refractivity contribution in [1.29, 1.82) is 0 Å². The van der Waals surface area contributed by atoms with Crippen LogP contribution in [-0.2, 0) is 9.53 Å². The molecular formula is C6H11ClO2. The predicted octanol–water partition coefficient (Wildman–Crippen LogP) is 1.22. The topological polar surface area (TPSA) is 26.3 Å². The van der Waals surface area contributed by atoms with Gasteiger partial charge < -0.3 is 9.53 Å². The van der Waals surface area contributed by atoms with Crippen molar-refractivity contribution < 1.29 is 9.53 Å². The van der Waals surface area contributed by atoms with Crippen molar-refractivity contribution in [3.63, 3.8) is 0 Å². The number of hydrogen-bond donors (Lipinski definition) is 0. The van der Waals surface area contributed by atoms with Crippen molar-refractivity contribution in [1.82, 2.24) is 0 Å². The van der Waals surface area contributed by atoms with E-state index in [9.17, 15) is 4.79 Å². The van der Waals surface area contributed by atoms with Crippen LogP contribution in [0.1, 0.15) is 12.8 Å². The monoisotopic (exact) mass is 150 g/mol. The minimum Gasteiger partial charge on any atom is -0.380 e. The zero-order valence-electron chi connectivity index (χ0n) is 5.31. The summed E-state index contributed by atoms with van der Waals surface area (Å²) in [4.78, 5) is 9.76. The van der Waals surface area contributed by atoms with Crippen molar-refractivity contribution in [3.05, 3.63) is 0 Å². The summed E-state index contributed by atoms with van der Waals surface area (Å²) in [6, 6.07) is 0. The highest BCUT2D eigenvalue weighted by atomic mass is 35.5. The number of aldehydes is 1. The highest BCUT2D eigenvalue weighted by Crippen LogP contribution is 1.86. The molecule has 9 heavy (non-hydrogen) atoms. The maximum Gasteiger partial charge on any atom is 0.120 e. The van der Waals surface area contributed by atoms with Crippen LogP contribution in [-0.4, -0.2) is 25.4 Å². The summed E-state index contributed by atoms with van der Waals surface area (Å²) in [5, 5.41) is 0. The molecule has 0 bridgehead atoms. The van der Waals surface area contributed by atoms with Gasteiger partial charge in [-0.1, -0.05) is 0 Å². The first-order valence-corrected chi connectivity index (χ1v) is 3.52. The molecule has 0 N–H and O–H groups in total. The van der Waals surface area contributed by atoms with Gasteiger partial charge in [-0.25, -0.2) is 0 Å². The number of unbranched alkanes of at least 4 members (excludes halogenated alkanes) is 1. The molecule has 0 rings (SSSR count). The van der Waals surface area contributed by atoms with Crippen LogP contribution in [0.4, 0.5) is 0 Å². The van der Waals surface area contributed by atoms with Gasteiger partial charge in [0.1, 0.15) is 6.29 Å². The number of hydrogen-bond acceptors (Lipinski definition) is 2. The van der Waals surface area contributed by atoms with Crippen LogP contribution in [0.5, 0.6) is 0 Å². The highest BCUT2D eigenvalue weighted by molar-refractivity contribution is 6.17. The largest absolute Gasteiger partial charge is 0.380 e. The van der Waals surface area contributed by atoms with Gasteiger partial charge in [-0.05, 0) is 6.42 Å². The van der Waals surface area contributed by atoms with Gasteiger partial charge in [-0.2, -0.15) is 0 Å². The molecule has 0 spiro atoms. The second-order valence-electron chi connectivity index (χ2n) is 1.61. The summed E-state index contributed by atoms with van der Waals surface area (Å²) >= 11 is 5.32. The van der Waals surface area contributed by atoms with Gasteiger partial charge in [0.25, 0.3) is 0 Å². The number of alkyl halides is 1. The van der Waals surface area contributed by atoms with Crippen molar-refractivity contribution >= 4 is 17.9 Å². The molecule has 2 nitrogen and oxygen atoms in total. The zero-order valence-corrected chi connectivity index (χ0v) is 6.06. The molecule has 0 saturated carbocycles. The molecule has 0 aromatic rings. The first-order valence-electron chi connectivity index (χ1n) is 2.99. The van der Waals surface area contributed by atoms with E-state index >= 15 is 0 Å². The fourth-order valence-corrected chi connectivity index (χ4v) is 0.534. The molecule has 0 heterocycles. The summed E-state index contributed by atoms with van der Waals surface area (Å²) in [6.07, 6.45) is 2.28. The van der Waals surface area contributed by atoms with Crippen LogP contribution in [0.2, 0.25) is 0 Å². The quantitative estimate of drug-likeness (QED) is 0.323. The average Bonchev–Trinajstić information content (AvgIpc) is 1.89. The van der Waals surface area contributed by atoms with Crippen molar-refractivity contribution in [2.45, 2.75) is 12.8 Å². The van der Waals surface area contributed by atoms with Gasteiger partial charge in [-0.3, -0.25) is 0 Å². The fraction of sp³-hybridized carbons (Fsp3) is 0.833. The van der Waals surface area contributed by atoms with Crippen LogP contribution in [0, 0.1) is 0 Å². The Hall–Kier alpha value is -0.0800. The minimum atomic E-state index is 0.529. The first-order chi connectivity index (χ1) is 4.41. The second kappa shape index (κ2) is 7.92. The van der Waals surface area contributed by atoms with E-state index in [0.717, 1.165) is 12.7 Å². The normalized spacial score (nSPS) is 9.44. The van der Waals surface area contributed by atoms with Crippen LogP contribution >= 0.6 is 11.6 Å².